The van der Waals surface area contributed by atoms with Gasteiger partial charge in [-0.2, -0.15) is 0 Å². The van der Waals surface area contributed by atoms with Gasteiger partial charge in [0.05, 0.1) is 13.2 Å². The highest BCUT2D eigenvalue weighted by Gasteiger charge is 2.25. The number of benzene rings is 1. The van der Waals surface area contributed by atoms with Gasteiger partial charge in [0.15, 0.2) is 0 Å². The van der Waals surface area contributed by atoms with Crippen LogP contribution < -0.4 is 15.0 Å². The minimum atomic E-state index is -0.0632. The summed E-state index contributed by atoms with van der Waals surface area (Å²) in [5.41, 5.74) is 1.21. The number of nitrogens with one attached hydrogen (secondary N) is 1. The molecule has 2 rings (SSSR count). The third-order valence-electron chi connectivity index (χ3n) is 4.36. The van der Waals surface area contributed by atoms with Gasteiger partial charge in [-0.05, 0) is 37.1 Å². The fraction of sp³-hybridized carbons (Fsp3) is 0.611. The molecule has 1 amide bonds. The first-order valence-electron chi connectivity index (χ1n) is 8.42. The highest BCUT2D eigenvalue weighted by molar-refractivity contribution is 5.81. The van der Waals surface area contributed by atoms with Gasteiger partial charge < -0.3 is 15.0 Å². The lowest BCUT2D eigenvalue weighted by Crippen LogP contribution is -2.54. The molecule has 23 heavy (non-hydrogen) atoms. The quantitative estimate of drug-likeness (QED) is 0.871. The van der Waals surface area contributed by atoms with E-state index in [0.29, 0.717) is 5.92 Å². The summed E-state index contributed by atoms with van der Waals surface area (Å²) in [4.78, 5) is 16.8. The maximum absolute atomic E-state index is 12.2. The van der Waals surface area contributed by atoms with E-state index in [0.717, 1.165) is 38.5 Å². The summed E-state index contributed by atoms with van der Waals surface area (Å²) in [5, 5.41) is 3.03. The highest BCUT2D eigenvalue weighted by atomic mass is 16.5. The fourth-order valence-electron chi connectivity index (χ4n) is 2.78. The summed E-state index contributed by atoms with van der Waals surface area (Å²) in [5.74, 6) is 1.50. The van der Waals surface area contributed by atoms with Crippen molar-refractivity contribution in [1.29, 1.82) is 0 Å². The average Bonchev–Trinajstić information content (AvgIpc) is 2.59. The highest BCUT2D eigenvalue weighted by Crippen LogP contribution is 2.21. The Hall–Kier alpha value is -1.75. The molecule has 5 heteroatoms. The van der Waals surface area contributed by atoms with Gasteiger partial charge in [0.2, 0.25) is 5.91 Å². The first-order valence-corrected chi connectivity index (χ1v) is 8.42. The van der Waals surface area contributed by atoms with Crippen LogP contribution in [-0.4, -0.2) is 56.7 Å². The second kappa shape index (κ2) is 8.20. The van der Waals surface area contributed by atoms with Gasteiger partial charge in [-0.1, -0.05) is 13.8 Å². The van der Waals surface area contributed by atoms with Crippen LogP contribution >= 0.6 is 0 Å². The number of amides is 1. The molecule has 1 aromatic carbocycles. The number of piperazine rings is 1. The van der Waals surface area contributed by atoms with Gasteiger partial charge in [0.25, 0.3) is 0 Å². The van der Waals surface area contributed by atoms with Crippen molar-refractivity contribution in [2.24, 2.45) is 5.92 Å². The van der Waals surface area contributed by atoms with E-state index in [1.54, 1.807) is 7.11 Å². The van der Waals surface area contributed by atoms with Crippen LogP contribution in [0.5, 0.6) is 5.75 Å². The van der Waals surface area contributed by atoms with Crippen molar-refractivity contribution in [2.75, 3.05) is 44.7 Å². The molecule has 1 heterocycles. The van der Waals surface area contributed by atoms with Gasteiger partial charge in [-0.25, -0.2) is 0 Å². The van der Waals surface area contributed by atoms with Crippen molar-refractivity contribution >= 4 is 11.6 Å². The molecule has 0 bridgehead atoms. The van der Waals surface area contributed by atoms with Crippen molar-refractivity contribution in [3.63, 3.8) is 0 Å². The van der Waals surface area contributed by atoms with Crippen molar-refractivity contribution in [2.45, 2.75) is 26.8 Å². The number of methoxy groups -OCH3 is 1. The first kappa shape index (κ1) is 17.6. The molecule has 0 aliphatic carbocycles. The van der Waals surface area contributed by atoms with E-state index < -0.39 is 0 Å². The van der Waals surface area contributed by atoms with Gasteiger partial charge in [0, 0.05) is 38.4 Å². The molecule has 0 saturated carbocycles. The predicted octanol–water partition coefficient (Wildman–Crippen LogP) is 1.98. The Morgan fingerprint density at radius 3 is 2.26 bits per heavy atom. The monoisotopic (exact) mass is 319 g/mol. The lowest BCUT2D eigenvalue weighted by atomic mass is 10.1. The summed E-state index contributed by atoms with van der Waals surface area (Å²) >= 11 is 0. The van der Waals surface area contributed by atoms with Crippen molar-refractivity contribution < 1.29 is 9.53 Å². The van der Waals surface area contributed by atoms with Crippen LogP contribution in [0, 0.1) is 5.92 Å². The van der Waals surface area contributed by atoms with Gasteiger partial charge in [-0.15, -0.1) is 0 Å². The number of rotatable bonds is 6. The van der Waals surface area contributed by atoms with Crippen LogP contribution in [0.4, 0.5) is 5.69 Å². The summed E-state index contributed by atoms with van der Waals surface area (Å²) in [6, 6.07) is 8.10. The number of anilines is 1. The zero-order valence-electron chi connectivity index (χ0n) is 14.7. The molecule has 1 aromatic rings. The Kier molecular flexibility index (Phi) is 6.28. The topological polar surface area (TPSA) is 44.8 Å². The third-order valence-corrected chi connectivity index (χ3v) is 4.36. The maximum atomic E-state index is 12.2. The Balaban J connectivity index is 1.83. The molecule has 1 N–H and O–H groups in total. The summed E-state index contributed by atoms with van der Waals surface area (Å²) in [7, 11) is 1.68. The predicted molar refractivity (Wildman–Crippen MR) is 94.1 cm³/mol. The smallest absolute Gasteiger partial charge is 0.237 e. The van der Waals surface area contributed by atoms with E-state index in [9.17, 15) is 4.79 Å². The number of carbonyl (C=O) groups excluding carboxylic acids is 1. The van der Waals surface area contributed by atoms with Crippen molar-refractivity contribution in [1.82, 2.24) is 10.2 Å². The molecule has 1 fully saturated rings. The molecule has 128 valence electrons. The van der Waals surface area contributed by atoms with E-state index in [-0.39, 0.29) is 11.9 Å². The molecule has 1 aliphatic heterocycles. The zero-order chi connectivity index (χ0) is 16.8. The van der Waals surface area contributed by atoms with Crippen LogP contribution in [0.2, 0.25) is 0 Å². The Morgan fingerprint density at radius 2 is 1.74 bits per heavy atom. The summed E-state index contributed by atoms with van der Waals surface area (Å²) in [6.45, 7) is 10.7. The number of carbonyl (C=O) groups is 1. The van der Waals surface area contributed by atoms with E-state index >= 15 is 0 Å². The molecular weight excluding hydrogens is 290 g/mol. The second-order valence-corrected chi connectivity index (χ2v) is 6.54. The molecule has 0 aromatic heterocycles. The van der Waals surface area contributed by atoms with Crippen LogP contribution in [0.1, 0.15) is 20.8 Å². The van der Waals surface area contributed by atoms with Gasteiger partial charge in [0.1, 0.15) is 5.75 Å². The zero-order valence-corrected chi connectivity index (χ0v) is 14.7. The normalized spacial score (nSPS) is 17.2. The Labute approximate surface area is 139 Å². The summed E-state index contributed by atoms with van der Waals surface area (Å²) in [6.07, 6.45) is 0. The van der Waals surface area contributed by atoms with Gasteiger partial charge in [-0.3, -0.25) is 9.69 Å². The van der Waals surface area contributed by atoms with Gasteiger partial charge >= 0.3 is 0 Å². The number of hydrogen-bond acceptors (Lipinski definition) is 4. The first-order chi connectivity index (χ1) is 11.0. The lowest BCUT2D eigenvalue weighted by molar-refractivity contribution is -0.126. The van der Waals surface area contributed by atoms with Crippen LogP contribution in [-0.2, 0) is 4.79 Å². The molecular formula is C18H29N3O2. The minimum absolute atomic E-state index is 0.0632. The maximum Gasteiger partial charge on any atom is 0.237 e. The Bertz CT molecular complexity index is 493. The van der Waals surface area contributed by atoms with E-state index in [2.05, 4.69) is 41.1 Å². The molecule has 5 nitrogen and oxygen atoms in total. The minimum Gasteiger partial charge on any atom is -0.497 e. The van der Waals surface area contributed by atoms with Crippen LogP contribution in [0.15, 0.2) is 24.3 Å². The largest absolute Gasteiger partial charge is 0.497 e. The van der Waals surface area contributed by atoms with Crippen LogP contribution in [0.3, 0.4) is 0 Å². The number of hydrogen-bond donors (Lipinski definition) is 1. The van der Waals surface area contributed by atoms with Crippen molar-refractivity contribution in [3.8, 4) is 5.75 Å². The van der Waals surface area contributed by atoms with E-state index in [1.165, 1.54) is 5.69 Å². The molecule has 0 spiro atoms. The van der Waals surface area contributed by atoms with E-state index in [1.807, 2.05) is 19.1 Å². The molecule has 1 atom stereocenters. The summed E-state index contributed by atoms with van der Waals surface area (Å²) < 4.78 is 5.20. The van der Waals surface area contributed by atoms with Crippen molar-refractivity contribution in [3.05, 3.63) is 24.3 Å². The lowest BCUT2D eigenvalue weighted by Gasteiger charge is -2.38. The SMILES string of the molecule is COc1ccc(N2CCN([C@@H](C)C(=O)NCC(C)C)CC2)cc1. The number of nitrogens with zero attached hydrogens (tertiary/aromatic N) is 2. The Morgan fingerprint density at radius 1 is 1.13 bits per heavy atom. The fourth-order valence-corrected chi connectivity index (χ4v) is 2.78. The van der Waals surface area contributed by atoms with Crippen LogP contribution in [0.25, 0.3) is 0 Å². The third kappa shape index (κ3) is 4.86. The number of ether oxygens (including phenoxy) is 1. The standard InChI is InChI=1S/C18H29N3O2/c1-14(2)13-19-18(22)15(3)20-9-11-21(12-10-20)16-5-7-17(23-4)8-6-16/h5-8,14-15H,9-13H2,1-4H3,(H,19,22)/t15-/m0/s1. The molecule has 0 radical (unpaired) electrons. The molecule has 1 saturated heterocycles. The molecule has 0 unspecified atom stereocenters. The molecule has 1 aliphatic rings. The average molecular weight is 319 g/mol. The van der Waals surface area contributed by atoms with E-state index in [4.69, 9.17) is 4.74 Å². The second-order valence-electron chi connectivity index (χ2n) is 6.54.